The molecular weight excluding hydrogens is 394 g/mol. The van der Waals surface area contributed by atoms with Crippen LogP contribution >= 0.6 is 0 Å². The van der Waals surface area contributed by atoms with E-state index in [2.05, 4.69) is 72.6 Å². The highest BCUT2D eigenvalue weighted by Crippen LogP contribution is 2.37. The maximum atomic E-state index is 6.21. The predicted molar refractivity (Wildman–Crippen MR) is 130 cm³/mol. The molecule has 0 bridgehead atoms. The zero-order valence-electron chi connectivity index (χ0n) is 18.2. The lowest BCUT2D eigenvalue weighted by molar-refractivity contribution is 0.653. The van der Waals surface area contributed by atoms with Crippen LogP contribution in [0.3, 0.4) is 0 Å². The Morgan fingerprint density at radius 3 is 2.41 bits per heavy atom. The van der Waals surface area contributed by atoms with E-state index in [4.69, 9.17) is 14.4 Å². The van der Waals surface area contributed by atoms with Crippen LogP contribution in [-0.2, 0) is 0 Å². The molecule has 154 valence electrons. The van der Waals surface area contributed by atoms with Crippen molar-refractivity contribution in [3.8, 4) is 22.4 Å². The van der Waals surface area contributed by atoms with Gasteiger partial charge >= 0.3 is 0 Å². The summed E-state index contributed by atoms with van der Waals surface area (Å²) in [5, 5.41) is 3.22. The van der Waals surface area contributed by atoms with Crippen molar-refractivity contribution in [1.29, 1.82) is 0 Å². The van der Waals surface area contributed by atoms with Gasteiger partial charge in [0.25, 0.3) is 0 Å². The Balaban J connectivity index is 1.58. The number of fused-ring (bicyclic) bond motifs is 4. The molecule has 4 aromatic heterocycles. The van der Waals surface area contributed by atoms with Crippen molar-refractivity contribution in [3.05, 3.63) is 89.9 Å². The van der Waals surface area contributed by atoms with Gasteiger partial charge in [-0.25, -0.2) is 4.98 Å². The van der Waals surface area contributed by atoms with Gasteiger partial charge in [0.05, 0.1) is 11.2 Å². The van der Waals surface area contributed by atoms with Gasteiger partial charge in [0.15, 0.2) is 0 Å². The van der Waals surface area contributed by atoms with Gasteiger partial charge in [0.2, 0.25) is 5.71 Å². The summed E-state index contributed by atoms with van der Waals surface area (Å²) in [6, 6.07) is 22.9. The zero-order chi connectivity index (χ0) is 21.8. The molecule has 4 heterocycles. The van der Waals surface area contributed by atoms with Crippen molar-refractivity contribution in [2.75, 3.05) is 0 Å². The highest BCUT2D eigenvalue weighted by Gasteiger charge is 2.15. The van der Waals surface area contributed by atoms with Gasteiger partial charge in [-0.1, -0.05) is 24.3 Å². The highest BCUT2D eigenvalue weighted by molar-refractivity contribution is 6.08. The Labute approximate surface area is 185 Å². The number of hydrogen-bond donors (Lipinski definition) is 0. The molecule has 32 heavy (non-hydrogen) atoms. The molecule has 0 aliphatic heterocycles. The number of aryl methyl sites for hydroxylation is 3. The third-order valence-electron chi connectivity index (χ3n) is 6.05. The summed E-state index contributed by atoms with van der Waals surface area (Å²) >= 11 is 0. The summed E-state index contributed by atoms with van der Waals surface area (Å²) in [7, 11) is 0. The predicted octanol–water partition coefficient (Wildman–Crippen LogP) is 7.18. The molecule has 0 unspecified atom stereocenters. The number of aromatic nitrogens is 3. The Hall–Kier alpha value is -4.05. The van der Waals surface area contributed by atoms with E-state index in [1.807, 2.05) is 26.1 Å². The van der Waals surface area contributed by atoms with Crippen LogP contribution in [0, 0.1) is 20.8 Å². The molecule has 4 heteroatoms. The molecule has 0 saturated carbocycles. The molecule has 0 fully saturated rings. The van der Waals surface area contributed by atoms with Crippen molar-refractivity contribution in [2.24, 2.45) is 0 Å². The van der Waals surface area contributed by atoms with Crippen molar-refractivity contribution in [2.45, 2.75) is 20.8 Å². The zero-order valence-corrected chi connectivity index (χ0v) is 18.2. The first-order valence-electron chi connectivity index (χ1n) is 10.7. The fourth-order valence-corrected chi connectivity index (χ4v) is 4.50. The van der Waals surface area contributed by atoms with E-state index in [1.54, 1.807) is 0 Å². The van der Waals surface area contributed by atoms with Gasteiger partial charge in [0.1, 0.15) is 5.58 Å². The summed E-state index contributed by atoms with van der Waals surface area (Å²) in [4.78, 5) is 14.0. The lowest BCUT2D eigenvalue weighted by Crippen LogP contribution is -1.92. The summed E-state index contributed by atoms with van der Waals surface area (Å²) in [5.74, 6) is 0. The van der Waals surface area contributed by atoms with Crippen LogP contribution in [0.4, 0.5) is 0 Å². The Bertz CT molecular complexity index is 1660. The first-order chi connectivity index (χ1) is 15.6. The van der Waals surface area contributed by atoms with E-state index in [-0.39, 0.29) is 0 Å². The monoisotopic (exact) mass is 415 g/mol. The summed E-state index contributed by atoms with van der Waals surface area (Å²) < 4.78 is 6.21. The van der Waals surface area contributed by atoms with Gasteiger partial charge in [-0.05, 0) is 79.9 Å². The Kier molecular flexibility index (Phi) is 4.08. The van der Waals surface area contributed by atoms with Crippen LogP contribution in [-0.4, -0.2) is 15.0 Å². The lowest BCUT2D eigenvalue weighted by Gasteiger charge is -2.12. The molecule has 6 aromatic rings. The second-order valence-corrected chi connectivity index (χ2v) is 8.30. The number of para-hydroxylation sites is 1. The molecule has 0 radical (unpaired) electrons. The molecule has 0 aliphatic carbocycles. The molecule has 0 N–H and O–H groups in total. The number of furan rings is 1. The minimum absolute atomic E-state index is 0.662. The van der Waals surface area contributed by atoms with E-state index in [1.165, 1.54) is 11.1 Å². The normalized spacial score (nSPS) is 11.6. The number of nitrogens with zero attached hydrogens (tertiary/aromatic N) is 3. The van der Waals surface area contributed by atoms with Crippen LogP contribution in [0.25, 0.3) is 55.4 Å². The quantitative estimate of drug-likeness (QED) is 0.300. The smallest absolute Gasteiger partial charge is 0.227 e. The van der Waals surface area contributed by atoms with E-state index in [9.17, 15) is 0 Å². The van der Waals surface area contributed by atoms with Crippen molar-refractivity contribution in [3.63, 3.8) is 0 Å². The fourth-order valence-electron chi connectivity index (χ4n) is 4.50. The topological polar surface area (TPSA) is 51.8 Å². The summed E-state index contributed by atoms with van der Waals surface area (Å²) in [5.41, 5.74) is 9.79. The maximum absolute atomic E-state index is 6.21. The first-order valence-corrected chi connectivity index (χ1v) is 10.7. The number of benzene rings is 2. The molecule has 4 nitrogen and oxygen atoms in total. The number of rotatable bonds is 2. The van der Waals surface area contributed by atoms with Crippen molar-refractivity contribution >= 4 is 33.0 Å². The average molecular weight is 415 g/mol. The molecule has 0 spiro atoms. The van der Waals surface area contributed by atoms with Gasteiger partial charge < -0.3 is 4.42 Å². The molecule has 0 aliphatic rings. The summed E-state index contributed by atoms with van der Waals surface area (Å²) in [6.45, 7) is 6.14. The van der Waals surface area contributed by atoms with Crippen LogP contribution in [0.15, 0.2) is 77.3 Å². The van der Waals surface area contributed by atoms with Gasteiger partial charge in [0, 0.05) is 39.3 Å². The molecular formula is C28H21N3O. The summed E-state index contributed by atoms with van der Waals surface area (Å²) in [6.07, 6.45) is 1.87. The van der Waals surface area contributed by atoms with Crippen LogP contribution < -0.4 is 0 Å². The standard InChI is InChI=1S/C28H21N3O/c1-16-7-12-24-22(11-9-17(2)30-24)26(16)19-13-14-29-25(15-19)23-6-4-5-20-21-10-8-18(3)31-28(21)32-27(20)23/h4-15H,1-3H3. The van der Waals surface area contributed by atoms with E-state index in [0.717, 1.165) is 55.5 Å². The second-order valence-electron chi connectivity index (χ2n) is 8.30. The molecule has 0 amide bonds. The van der Waals surface area contributed by atoms with Crippen LogP contribution in [0.2, 0.25) is 0 Å². The second kappa shape index (κ2) is 6.99. The molecule has 2 aromatic carbocycles. The average Bonchev–Trinajstić information content (AvgIpc) is 3.16. The largest absolute Gasteiger partial charge is 0.437 e. The molecule has 0 saturated heterocycles. The van der Waals surface area contributed by atoms with Crippen molar-refractivity contribution in [1.82, 2.24) is 15.0 Å². The van der Waals surface area contributed by atoms with E-state index >= 15 is 0 Å². The van der Waals surface area contributed by atoms with Gasteiger partial charge in [-0.3, -0.25) is 9.97 Å². The van der Waals surface area contributed by atoms with Gasteiger partial charge in [-0.2, -0.15) is 0 Å². The van der Waals surface area contributed by atoms with Crippen LogP contribution in [0.5, 0.6) is 0 Å². The van der Waals surface area contributed by atoms with Gasteiger partial charge in [-0.15, -0.1) is 0 Å². The number of pyridine rings is 3. The maximum Gasteiger partial charge on any atom is 0.227 e. The van der Waals surface area contributed by atoms with E-state index in [0.29, 0.717) is 5.71 Å². The van der Waals surface area contributed by atoms with Crippen molar-refractivity contribution < 1.29 is 4.42 Å². The highest BCUT2D eigenvalue weighted by atomic mass is 16.3. The Morgan fingerprint density at radius 2 is 1.53 bits per heavy atom. The first kappa shape index (κ1) is 18.7. The van der Waals surface area contributed by atoms with E-state index < -0.39 is 0 Å². The fraction of sp³-hybridized carbons (Fsp3) is 0.107. The molecule has 0 atom stereocenters. The Morgan fingerprint density at radius 1 is 0.719 bits per heavy atom. The third kappa shape index (κ3) is 2.88. The molecule has 6 rings (SSSR count). The van der Waals surface area contributed by atoms with Crippen LogP contribution in [0.1, 0.15) is 17.0 Å². The minimum Gasteiger partial charge on any atom is -0.437 e. The SMILES string of the molecule is Cc1ccc2c(-c3ccnc(-c4cccc5c4oc4nc(C)ccc45)c3)c(C)ccc2n1. The minimum atomic E-state index is 0.662. The number of hydrogen-bond acceptors (Lipinski definition) is 4. The lowest BCUT2D eigenvalue weighted by atomic mass is 9.95. The third-order valence-corrected chi connectivity index (χ3v) is 6.05.